The van der Waals surface area contributed by atoms with E-state index in [2.05, 4.69) is 25.5 Å². The number of nitrogens with zero attached hydrogens (tertiary/aromatic N) is 6. The molecule has 0 N–H and O–H groups in total. The largest absolute Gasteiger partial charge is 0.415 e. The van der Waals surface area contributed by atoms with Crippen LogP contribution in [0.3, 0.4) is 0 Å². The monoisotopic (exact) mass is 388 g/mol. The highest BCUT2D eigenvalue weighted by atomic mass is 35.5. The molecule has 0 aliphatic carbocycles. The minimum absolute atomic E-state index is 0.0393. The molecule has 0 bridgehead atoms. The molecule has 0 aliphatic heterocycles. The maximum atomic E-state index is 12.5. The maximum absolute atomic E-state index is 12.5. The van der Waals surface area contributed by atoms with Crippen LogP contribution in [0, 0.1) is 0 Å². The van der Waals surface area contributed by atoms with Gasteiger partial charge in [0.1, 0.15) is 5.69 Å². The smallest absolute Gasteiger partial charge is 0.314 e. The molecule has 0 saturated carbocycles. The van der Waals surface area contributed by atoms with E-state index in [0.29, 0.717) is 17.0 Å². The average molecular weight is 389 g/mol. The number of alkyl halides is 3. The highest BCUT2D eigenvalue weighted by molar-refractivity contribution is 6.20. The van der Waals surface area contributed by atoms with Gasteiger partial charge >= 0.3 is 6.43 Å². The zero-order valence-electron chi connectivity index (χ0n) is 13.6. The van der Waals surface area contributed by atoms with Crippen molar-refractivity contribution in [3.05, 3.63) is 66.4 Å². The van der Waals surface area contributed by atoms with Crippen LogP contribution in [0.25, 0.3) is 22.7 Å². The van der Waals surface area contributed by atoms with E-state index in [-0.39, 0.29) is 5.89 Å². The van der Waals surface area contributed by atoms with Gasteiger partial charge in [-0.2, -0.15) is 8.78 Å². The van der Waals surface area contributed by atoms with Gasteiger partial charge in [-0.25, -0.2) is 4.68 Å². The minimum atomic E-state index is -2.82. The van der Waals surface area contributed by atoms with Crippen molar-refractivity contribution in [1.82, 2.24) is 30.2 Å². The first kappa shape index (κ1) is 17.2. The number of halogens is 3. The standard InChI is InChI=1S/C17H11ClF2N6O/c18-14(26-9-13(22-25-26)10-4-2-1-3-5-10)12-7-6-11(8-21-12)16-23-24-17(27-16)15(19)20/h1-9,14-15H. The summed E-state index contributed by atoms with van der Waals surface area (Å²) < 4.78 is 31.4. The Kier molecular flexibility index (Phi) is 4.59. The number of aromatic nitrogens is 6. The molecule has 10 heteroatoms. The predicted octanol–water partition coefficient (Wildman–Crippen LogP) is 4.11. The number of hydrogen-bond acceptors (Lipinski definition) is 6. The number of hydrogen-bond donors (Lipinski definition) is 0. The van der Waals surface area contributed by atoms with Gasteiger partial charge in [0.05, 0.1) is 17.5 Å². The summed E-state index contributed by atoms with van der Waals surface area (Å²) >= 11 is 6.42. The van der Waals surface area contributed by atoms with Crippen molar-refractivity contribution in [3.63, 3.8) is 0 Å². The number of rotatable bonds is 5. The number of pyridine rings is 1. The maximum Gasteiger partial charge on any atom is 0.314 e. The van der Waals surface area contributed by atoms with E-state index >= 15 is 0 Å². The molecule has 1 unspecified atom stereocenters. The summed E-state index contributed by atoms with van der Waals surface area (Å²) in [5, 5.41) is 15.0. The van der Waals surface area contributed by atoms with Gasteiger partial charge < -0.3 is 4.42 Å². The van der Waals surface area contributed by atoms with Gasteiger partial charge in [0.25, 0.3) is 5.89 Å². The van der Waals surface area contributed by atoms with E-state index in [1.165, 1.54) is 10.9 Å². The van der Waals surface area contributed by atoms with Gasteiger partial charge in [0, 0.05) is 11.8 Å². The molecule has 0 amide bonds. The first-order valence-corrected chi connectivity index (χ1v) is 8.24. The lowest BCUT2D eigenvalue weighted by atomic mass is 10.2. The topological polar surface area (TPSA) is 82.5 Å². The van der Waals surface area contributed by atoms with Gasteiger partial charge in [-0.15, -0.1) is 15.3 Å². The Morgan fingerprint density at radius 2 is 1.78 bits per heavy atom. The highest BCUT2D eigenvalue weighted by Gasteiger charge is 2.18. The molecular formula is C17H11ClF2N6O. The van der Waals surface area contributed by atoms with Gasteiger partial charge in [-0.05, 0) is 12.1 Å². The van der Waals surface area contributed by atoms with E-state index in [1.54, 1.807) is 18.3 Å². The zero-order valence-corrected chi connectivity index (χ0v) is 14.3. The molecule has 0 saturated heterocycles. The summed E-state index contributed by atoms with van der Waals surface area (Å²) in [6, 6.07) is 12.8. The lowest BCUT2D eigenvalue weighted by Gasteiger charge is -2.08. The summed E-state index contributed by atoms with van der Waals surface area (Å²) in [4.78, 5) is 4.23. The van der Waals surface area contributed by atoms with Crippen LogP contribution in [0.15, 0.2) is 59.3 Å². The second-order valence-corrected chi connectivity index (χ2v) is 5.92. The first-order valence-electron chi connectivity index (χ1n) is 7.81. The molecule has 0 aliphatic rings. The predicted molar refractivity (Wildman–Crippen MR) is 91.9 cm³/mol. The van der Waals surface area contributed by atoms with Crippen LogP contribution in [0.5, 0.6) is 0 Å². The lowest BCUT2D eigenvalue weighted by molar-refractivity contribution is 0.116. The Labute approximate surface area is 156 Å². The second-order valence-electron chi connectivity index (χ2n) is 5.50. The van der Waals surface area contributed by atoms with Crippen molar-refractivity contribution in [3.8, 4) is 22.7 Å². The summed E-state index contributed by atoms with van der Waals surface area (Å²) in [7, 11) is 0. The third-order valence-electron chi connectivity index (χ3n) is 3.72. The second kappa shape index (κ2) is 7.20. The number of benzene rings is 1. The molecule has 27 heavy (non-hydrogen) atoms. The SMILES string of the molecule is FC(F)c1nnc(-c2ccc(C(Cl)n3cc(-c4ccccc4)nn3)nc2)o1. The van der Waals surface area contributed by atoms with Crippen LogP contribution in [-0.2, 0) is 0 Å². The average Bonchev–Trinajstić information content (AvgIpc) is 3.38. The molecule has 4 aromatic rings. The third-order valence-corrected chi connectivity index (χ3v) is 4.14. The van der Waals surface area contributed by atoms with Gasteiger partial charge in [0.15, 0.2) is 5.50 Å². The van der Waals surface area contributed by atoms with E-state index < -0.39 is 17.8 Å². The molecular weight excluding hydrogens is 378 g/mol. The Hall–Kier alpha value is -3.20. The summed E-state index contributed by atoms with van der Waals surface area (Å²) in [6.45, 7) is 0. The van der Waals surface area contributed by atoms with Crippen molar-refractivity contribution in [2.75, 3.05) is 0 Å². The van der Waals surface area contributed by atoms with Crippen molar-refractivity contribution in [2.24, 2.45) is 0 Å². The Bertz CT molecular complexity index is 1040. The highest BCUT2D eigenvalue weighted by Crippen LogP contribution is 2.26. The fraction of sp³-hybridized carbons (Fsp3) is 0.118. The summed E-state index contributed by atoms with van der Waals surface area (Å²) in [5.74, 6) is -0.775. The van der Waals surface area contributed by atoms with E-state index in [9.17, 15) is 8.78 Å². The molecule has 1 atom stereocenters. The Morgan fingerprint density at radius 3 is 2.44 bits per heavy atom. The van der Waals surface area contributed by atoms with Crippen molar-refractivity contribution < 1.29 is 13.2 Å². The van der Waals surface area contributed by atoms with Crippen LogP contribution in [0.4, 0.5) is 8.78 Å². The van der Waals surface area contributed by atoms with Crippen LogP contribution < -0.4 is 0 Å². The first-order chi connectivity index (χ1) is 13.1. The summed E-state index contributed by atoms with van der Waals surface area (Å²) in [5.41, 5.74) is 1.82. The fourth-order valence-corrected chi connectivity index (χ4v) is 2.60. The van der Waals surface area contributed by atoms with E-state index in [0.717, 1.165) is 5.56 Å². The Morgan fingerprint density at radius 1 is 0.963 bits per heavy atom. The van der Waals surface area contributed by atoms with Gasteiger partial charge in [-0.1, -0.05) is 47.1 Å². The van der Waals surface area contributed by atoms with Gasteiger partial charge in [-0.3, -0.25) is 4.98 Å². The van der Waals surface area contributed by atoms with Crippen molar-refractivity contribution in [1.29, 1.82) is 0 Å². The lowest BCUT2D eigenvalue weighted by Crippen LogP contribution is -2.07. The molecule has 136 valence electrons. The summed E-state index contributed by atoms with van der Waals surface area (Å²) in [6.07, 6.45) is 0.315. The molecule has 0 radical (unpaired) electrons. The molecule has 7 nitrogen and oxygen atoms in total. The normalized spacial score (nSPS) is 12.4. The zero-order chi connectivity index (χ0) is 18.8. The molecule has 1 aromatic carbocycles. The molecule has 0 spiro atoms. The van der Waals surface area contributed by atoms with Crippen molar-refractivity contribution >= 4 is 11.6 Å². The van der Waals surface area contributed by atoms with E-state index in [4.69, 9.17) is 16.0 Å². The fourth-order valence-electron chi connectivity index (χ4n) is 2.38. The molecule has 0 fully saturated rings. The van der Waals surface area contributed by atoms with Crippen LogP contribution >= 0.6 is 11.6 Å². The van der Waals surface area contributed by atoms with Gasteiger partial charge in [0.2, 0.25) is 5.89 Å². The third kappa shape index (κ3) is 3.54. The quantitative estimate of drug-likeness (QED) is 0.478. The molecule has 3 heterocycles. The van der Waals surface area contributed by atoms with E-state index in [1.807, 2.05) is 30.3 Å². The van der Waals surface area contributed by atoms with Crippen LogP contribution in [-0.4, -0.2) is 30.2 Å². The molecule has 3 aromatic heterocycles. The Balaban J connectivity index is 1.54. The molecule has 4 rings (SSSR count). The van der Waals surface area contributed by atoms with Crippen molar-refractivity contribution in [2.45, 2.75) is 11.9 Å². The van der Waals surface area contributed by atoms with Crippen LogP contribution in [0.2, 0.25) is 0 Å². The van der Waals surface area contributed by atoms with Crippen LogP contribution in [0.1, 0.15) is 23.5 Å². The minimum Gasteiger partial charge on any atom is -0.415 e.